The van der Waals surface area contributed by atoms with Crippen LogP contribution in [0.25, 0.3) is 10.9 Å². The van der Waals surface area contributed by atoms with Crippen LogP contribution < -0.4 is 4.74 Å². The molecule has 0 radical (unpaired) electrons. The number of H-pyrrole nitrogens is 1. The molecule has 96 valence electrons. The molecule has 0 unspecified atom stereocenters. The van der Waals surface area contributed by atoms with E-state index in [0.29, 0.717) is 15.8 Å². The fraction of sp³-hybridized carbons (Fsp3) is 0.250. The van der Waals surface area contributed by atoms with Crippen molar-refractivity contribution in [1.29, 1.82) is 0 Å². The van der Waals surface area contributed by atoms with E-state index >= 15 is 0 Å². The van der Waals surface area contributed by atoms with E-state index in [9.17, 15) is 10.0 Å². The number of benzene rings is 1. The van der Waals surface area contributed by atoms with Crippen LogP contribution in [-0.2, 0) is 11.3 Å². The summed E-state index contributed by atoms with van der Waals surface area (Å²) in [7, 11) is 1.54. The minimum Gasteiger partial charge on any atom is -0.495 e. The van der Waals surface area contributed by atoms with Crippen molar-refractivity contribution in [2.24, 2.45) is 0 Å². The Morgan fingerprint density at radius 2 is 2.28 bits per heavy atom. The second-order valence-corrected chi connectivity index (χ2v) is 4.33. The summed E-state index contributed by atoms with van der Waals surface area (Å²) in [6, 6.07) is 3.52. The molecule has 2 rings (SSSR count). The minimum atomic E-state index is -0.412. The van der Waals surface area contributed by atoms with Gasteiger partial charge in [-0.25, -0.2) is 5.06 Å². The summed E-state index contributed by atoms with van der Waals surface area (Å²) in [5, 5.41) is 11.5. The maximum absolute atomic E-state index is 11.0. The van der Waals surface area contributed by atoms with E-state index in [0.717, 1.165) is 16.5 Å². The third-order valence-electron chi connectivity index (χ3n) is 2.72. The lowest BCUT2D eigenvalue weighted by Gasteiger charge is -2.11. The van der Waals surface area contributed by atoms with Gasteiger partial charge in [-0.3, -0.25) is 10.0 Å². The molecule has 0 aliphatic carbocycles. The molecule has 0 spiro atoms. The first-order valence-corrected chi connectivity index (χ1v) is 5.71. The molecule has 2 aromatic rings. The Kier molecular flexibility index (Phi) is 3.45. The molecule has 0 atom stereocenters. The van der Waals surface area contributed by atoms with Gasteiger partial charge in [-0.2, -0.15) is 0 Å². The van der Waals surface area contributed by atoms with Crippen molar-refractivity contribution in [3.8, 4) is 5.75 Å². The maximum Gasteiger partial charge on any atom is 0.243 e. The lowest BCUT2D eigenvalue weighted by atomic mass is 10.1. The van der Waals surface area contributed by atoms with Crippen molar-refractivity contribution in [2.45, 2.75) is 13.5 Å². The Labute approximate surface area is 109 Å². The van der Waals surface area contributed by atoms with Gasteiger partial charge in [0.2, 0.25) is 5.91 Å². The number of methoxy groups -OCH3 is 1. The highest BCUT2D eigenvalue weighted by atomic mass is 35.5. The number of carbonyl (C=O) groups is 1. The van der Waals surface area contributed by atoms with E-state index in [-0.39, 0.29) is 6.54 Å². The quantitative estimate of drug-likeness (QED) is 0.664. The van der Waals surface area contributed by atoms with E-state index in [1.54, 1.807) is 18.3 Å². The molecule has 0 aliphatic heterocycles. The summed E-state index contributed by atoms with van der Waals surface area (Å²) in [5.74, 6) is 0.141. The third kappa shape index (κ3) is 2.27. The number of rotatable bonds is 3. The van der Waals surface area contributed by atoms with Gasteiger partial charge in [-0.05, 0) is 17.7 Å². The zero-order chi connectivity index (χ0) is 13.3. The van der Waals surface area contributed by atoms with E-state index in [1.165, 1.54) is 14.0 Å². The number of nitrogens with zero attached hydrogens (tertiary/aromatic N) is 1. The zero-order valence-electron chi connectivity index (χ0n) is 10.0. The molecule has 0 bridgehead atoms. The van der Waals surface area contributed by atoms with Crippen molar-refractivity contribution in [1.82, 2.24) is 10.0 Å². The first-order valence-electron chi connectivity index (χ1n) is 5.33. The molecule has 5 nitrogen and oxygen atoms in total. The highest BCUT2D eigenvalue weighted by Gasteiger charge is 2.12. The summed E-state index contributed by atoms with van der Waals surface area (Å²) in [6.45, 7) is 1.41. The van der Waals surface area contributed by atoms with Crippen molar-refractivity contribution in [3.63, 3.8) is 0 Å². The summed E-state index contributed by atoms with van der Waals surface area (Å²) in [4.78, 5) is 14.0. The summed E-state index contributed by atoms with van der Waals surface area (Å²) < 4.78 is 5.14. The minimum absolute atomic E-state index is 0.111. The van der Waals surface area contributed by atoms with E-state index in [1.807, 2.05) is 0 Å². The molecule has 1 aromatic heterocycles. The zero-order valence-corrected chi connectivity index (χ0v) is 10.8. The van der Waals surface area contributed by atoms with Gasteiger partial charge in [0.1, 0.15) is 5.75 Å². The van der Waals surface area contributed by atoms with E-state index in [4.69, 9.17) is 16.3 Å². The lowest BCUT2D eigenvalue weighted by Crippen LogP contribution is -2.23. The number of hydrogen-bond donors (Lipinski definition) is 2. The van der Waals surface area contributed by atoms with E-state index < -0.39 is 5.91 Å². The molecule has 0 fully saturated rings. The number of hydrogen-bond acceptors (Lipinski definition) is 3. The normalized spacial score (nSPS) is 10.7. The Morgan fingerprint density at radius 1 is 1.56 bits per heavy atom. The van der Waals surface area contributed by atoms with Gasteiger partial charge in [-0.1, -0.05) is 11.6 Å². The molecule has 0 aliphatic rings. The standard InChI is InChI=1S/C12H13ClN2O3/c1-7(16)15(17)6-8-5-14-11-4-10(13)12(18-2)3-9(8)11/h3-5,14,17H,6H2,1-2H3. The van der Waals surface area contributed by atoms with Crippen LogP contribution in [0, 0.1) is 0 Å². The molecule has 6 heteroatoms. The number of amides is 1. The van der Waals surface area contributed by atoms with Crippen LogP contribution in [-0.4, -0.2) is 28.3 Å². The average molecular weight is 269 g/mol. The number of ether oxygens (including phenoxy) is 1. The fourth-order valence-electron chi connectivity index (χ4n) is 1.74. The van der Waals surface area contributed by atoms with Gasteiger partial charge in [0.05, 0.1) is 18.7 Å². The predicted octanol–water partition coefficient (Wildman–Crippen LogP) is 2.57. The molecule has 2 N–H and O–H groups in total. The average Bonchev–Trinajstić information content (AvgIpc) is 2.70. The largest absolute Gasteiger partial charge is 0.495 e. The fourth-order valence-corrected chi connectivity index (χ4v) is 1.98. The van der Waals surface area contributed by atoms with Crippen LogP contribution >= 0.6 is 11.6 Å². The number of aromatic nitrogens is 1. The molecule has 0 saturated heterocycles. The molecule has 1 amide bonds. The Morgan fingerprint density at radius 3 is 2.89 bits per heavy atom. The molecule has 1 heterocycles. The van der Waals surface area contributed by atoms with Gasteiger partial charge >= 0.3 is 0 Å². The SMILES string of the molecule is COc1cc2c(CN(O)C(C)=O)c[nH]c2cc1Cl. The monoisotopic (exact) mass is 268 g/mol. The van der Waals surface area contributed by atoms with Crippen molar-refractivity contribution < 1.29 is 14.7 Å². The summed E-state index contributed by atoms with van der Waals surface area (Å²) >= 11 is 6.01. The number of aromatic amines is 1. The first-order chi connectivity index (χ1) is 8.52. The van der Waals surface area contributed by atoms with Crippen LogP contribution in [0.3, 0.4) is 0 Å². The second kappa shape index (κ2) is 4.88. The second-order valence-electron chi connectivity index (χ2n) is 3.92. The maximum atomic E-state index is 11.0. The van der Waals surface area contributed by atoms with Crippen LogP contribution in [0.1, 0.15) is 12.5 Å². The van der Waals surface area contributed by atoms with E-state index in [2.05, 4.69) is 4.98 Å². The lowest BCUT2D eigenvalue weighted by molar-refractivity contribution is -0.165. The predicted molar refractivity (Wildman–Crippen MR) is 67.9 cm³/mol. The van der Waals surface area contributed by atoms with Crippen LogP contribution in [0.4, 0.5) is 0 Å². The number of hydroxylamine groups is 2. The number of carbonyl (C=O) groups excluding carboxylic acids is 1. The first kappa shape index (κ1) is 12.7. The van der Waals surface area contributed by atoms with Crippen LogP contribution in [0.2, 0.25) is 5.02 Å². The van der Waals surface area contributed by atoms with Crippen LogP contribution in [0.5, 0.6) is 5.75 Å². The number of fused-ring (bicyclic) bond motifs is 1. The van der Waals surface area contributed by atoms with Crippen molar-refractivity contribution in [2.75, 3.05) is 7.11 Å². The molecule has 0 saturated carbocycles. The van der Waals surface area contributed by atoms with Gasteiger partial charge < -0.3 is 9.72 Å². The molecule has 18 heavy (non-hydrogen) atoms. The highest BCUT2D eigenvalue weighted by molar-refractivity contribution is 6.32. The van der Waals surface area contributed by atoms with Crippen molar-refractivity contribution >= 4 is 28.4 Å². The summed E-state index contributed by atoms with van der Waals surface area (Å²) in [6.07, 6.45) is 1.73. The Bertz CT molecular complexity index is 594. The molecular weight excluding hydrogens is 256 g/mol. The number of nitrogens with one attached hydrogen (secondary N) is 1. The summed E-state index contributed by atoms with van der Waals surface area (Å²) in [5.41, 5.74) is 1.62. The van der Waals surface area contributed by atoms with Crippen LogP contribution in [0.15, 0.2) is 18.3 Å². The Hall–Kier alpha value is -1.72. The number of halogens is 1. The Balaban J connectivity index is 2.43. The third-order valence-corrected chi connectivity index (χ3v) is 3.02. The van der Waals surface area contributed by atoms with Gasteiger partial charge in [-0.15, -0.1) is 0 Å². The smallest absolute Gasteiger partial charge is 0.243 e. The molecular formula is C12H13ClN2O3. The van der Waals surface area contributed by atoms with Crippen molar-refractivity contribution in [3.05, 3.63) is 28.9 Å². The molecule has 1 aromatic carbocycles. The van der Waals surface area contributed by atoms with Gasteiger partial charge in [0, 0.05) is 24.0 Å². The van der Waals surface area contributed by atoms with Gasteiger partial charge in [0.25, 0.3) is 0 Å². The topological polar surface area (TPSA) is 65.6 Å². The van der Waals surface area contributed by atoms with Gasteiger partial charge in [0.15, 0.2) is 0 Å². The highest BCUT2D eigenvalue weighted by Crippen LogP contribution is 2.31.